The van der Waals surface area contributed by atoms with Crippen molar-refractivity contribution >= 4 is 17.5 Å². The Morgan fingerprint density at radius 3 is 2.45 bits per heavy atom. The molecule has 3 aliphatic rings. The number of rotatable bonds is 2. The van der Waals surface area contributed by atoms with E-state index in [0.29, 0.717) is 5.69 Å². The topological polar surface area (TPSA) is 66.8 Å². The van der Waals surface area contributed by atoms with Gasteiger partial charge in [-0.2, -0.15) is 0 Å². The largest absolute Gasteiger partial charge is 0.393 e. The Balaban J connectivity index is 1.80. The molecule has 5 nitrogen and oxygen atoms in total. The van der Waals surface area contributed by atoms with Gasteiger partial charge in [-0.05, 0) is 31.2 Å². The molecule has 1 aromatic carbocycles. The van der Waals surface area contributed by atoms with E-state index in [9.17, 15) is 19.1 Å². The van der Waals surface area contributed by atoms with E-state index in [0.717, 1.165) is 4.90 Å². The van der Waals surface area contributed by atoms with Crippen molar-refractivity contribution in [2.24, 2.45) is 11.8 Å². The van der Waals surface area contributed by atoms with Gasteiger partial charge in [0.1, 0.15) is 11.4 Å². The van der Waals surface area contributed by atoms with Gasteiger partial charge in [-0.1, -0.05) is 12.2 Å². The van der Waals surface area contributed by atoms with Gasteiger partial charge in [0.25, 0.3) is 0 Å². The van der Waals surface area contributed by atoms with Crippen molar-refractivity contribution in [1.29, 1.82) is 0 Å². The minimum atomic E-state index is -1.14. The van der Waals surface area contributed by atoms with Gasteiger partial charge in [0, 0.05) is 0 Å². The highest BCUT2D eigenvalue weighted by Gasteiger charge is 2.72. The van der Waals surface area contributed by atoms with E-state index >= 15 is 0 Å². The van der Waals surface area contributed by atoms with Crippen molar-refractivity contribution in [3.8, 4) is 0 Å². The number of nitrogens with zero attached hydrogens (tertiary/aromatic N) is 1. The first-order chi connectivity index (χ1) is 10.4. The molecule has 4 atom stereocenters. The first-order valence-electron chi connectivity index (χ1n) is 7.07. The maximum Gasteiger partial charge on any atom is 0.241 e. The zero-order valence-corrected chi connectivity index (χ0v) is 11.8. The van der Waals surface area contributed by atoms with Gasteiger partial charge < -0.3 is 9.84 Å². The maximum absolute atomic E-state index is 13.1. The van der Waals surface area contributed by atoms with Crippen molar-refractivity contribution in [2.45, 2.75) is 18.1 Å². The van der Waals surface area contributed by atoms with Crippen LogP contribution < -0.4 is 4.90 Å². The van der Waals surface area contributed by atoms with Gasteiger partial charge in [-0.3, -0.25) is 9.59 Å². The van der Waals surface area contributed by atoms with Crippen LogP contribution in [0.25, 0.3) is 0 Å². The second-order valence-electron chi connectivity index (χ2n) is 6.18. The zero-order chi connectivity index (χ0) is 15.7. The number of carbonyl (C=O) groups is 2. The van der Waals surface area contributed by atoms with E-state index in [-0.39, 0.29) is 12.5 Å². The second-order valence-corrected chi connectivity index (χ2v) is 6.18. The highest BCUT2D eigenvalue weighted by Crippen LogP contribution is 2.57. The average Bonchev–Trinajstić information content (AvgIpc) is 3.07. The van der Waals surface area contributed by atoms with Crippen LogP contribution >= 0.6 is 0 Å². The Kier molecular flexibility index (Phi) is 2.49. The van der Waals surface area contributed by atoms with Crippen molar-refractivity contribution in [3.63, 3.8) is 0 Å². The average molecular weight is 303 g/mol. The molecule has 0 spiro atoms. The first kappa shape index (κ1) is 13.6. The van der Waals surface area contributed by atoms with Gasteiger partial charge in [-0.25, -0.2) is 9.29 Å². The third kappa shape index (κ3) is 1.43. The molecule has 6 heteroatoms. The minimum Gasteiger partial charge on any atom is -0.393 e. The number of anilines is 1. The zero-order valence-electron chi connectivity index (χ0n) is 11.8. The molecule has 3 heterocycles. The van der Waals surface area contributed by atoms with Gasteiger partial charge in [-0.15, -0.1) is 0 Å². The van der Waals surface area contributed by atoms with Gasteiger partial charge >= 0.3 is 0 Å². The molecule has 0 saturated carbocycles. The lowest BCUT2D eigenvalue weighted by molar-refractivity contribution is -0.131. The van der Waals surface area contributed by atoms with Crippen molar-refractivity contribution in [3.05, 3.63) is 42.2 Å². The molecular weight excluding hydrogens is 289 g/mol. The third-order valence-electron chi connectivity index (χ3n) is 4.89. The number of ether oxygens (including phenoxy) is 1. The molecule has 0 radical (unpaired) electrons. The van der Waals surface area contributed by atoms with E-state index in [1.165, 1.54) is 24.3 Å². The highest BCUT2D eigenvalue weighted by molar-refractivity contribution is 6.23. The summed E-state index contributed by atoms with van der Waals surface area (Å²) in [5.41, 5.74) is -1.70. The van der Waals surface area contributed by atoms with Crippen LogP contribution in [0.4, 0.5) is 10.1 Å². The SMILES string of the molecule is C[C@]12C=C[C@](CO)(O1)[C@H]1C(=O)N(c3ccc(F)cc3)C(=O)[C@@H]12. The first-order valence-corrected chi connectivity index (χ1v) is 7.07. The lowest BCUT2D eigenvalue weighted by Gasteiger charge is -2.26. The molecule has 2 bridgehead atoms. The molecule has 2 fully saturated rings. The summed E-state index contributed by atoms with van der Waals surface area (Å²) in [6, 6.07) is 5.21. The minimum absolute atomic E-state index is 0.335. The number of carbonyl (C=O) groups excluding carboxylic acids is 2. The maximum atomic E-state index is 13.1. The Labute approximate surface area is 126 Å². The number of halogens is 1. The lowest BCUT2D eigenvalue weighted by Crippen LogP contribution is -2.43. The van der Waals surface area contributed by atoms with Crippen molar-refractivity contribution in [1.82, 2.24) is 0 Å². The molecule has 1 aromatic rings. The standard InChI is InChI=1S/C16H14FNO4/c1-15-6-7-16(8-19,22-15)12-11(15)13(20)18(14(12)21)10-4-2-9(17)3-5-10/h2-7,11-12,19H,8H2,1H3/t11-,12-,15-,16-/m1/s1. The summed E-state index contributed by atoms with van der Waals surface area (Å²) in [7, 11) is 0. The van der Waals surface area contributed by atoms with Gasteiger partial charge in [0.05, 0.1) is 29.7 Å². The van der Waals surface area contributed by atoms with Crippen LogP contribution in [0.1, 0.15) is 6.92 Å². The summed E-state index contributed by atoms with van der Waals surface area (Å²) in [5, 5.41) is 9.69. The summed E-state index contributed by atoms with van der Waals surface area (Å²) in [4.78, 5) is 26.6. The molecule has 2 amide bonds. The van der Waals surface area contributed by atoms with E-state index in [2.05, 4.69) is 0 Å². The van der Waals surface area contributed by atoms with Crippen LogP contribution in [0.15, 0.2) is 36.4 Å². The third-order valence-corrected chi connectivity index (χ3v) is 4.89. The summed E-state index contributed by atoms with van der Waals surface area (Å²) in [6.45, 7) is 1.38. The fourth-order valence-corrected chi connectivity index (χ4v) is 3.89. The number of aliphatic hydroxyl groups is 1. The molecule has 2 saturated heterocycles. The fraction of sp³-hybridized carbons (Fsp3) is 0.375. The molecule has 1 N–H and O–H groups in total. The molecule has 0 aliphatic carbocycles. The molecule has 0 unspecified atom stereocenters. The number of hydrogen-bond acceptors (Lipinski definition) is 4. The van der Waals surface area contributed by atoms with Crippen molar-refractivity contribution < 1.29 is 23.8 Å². The predicted molar refractivity (Wildman–Crippen MR) is 74.3 cm³/mol. The van der Waals surface area contributed by atoms with Gasteiger partial charge in [0.15, 0.2) is 0 Å². The Morgan fingerprint density at radius 1 is 1.18 bits per heavy atom. The van der Waals surface area contributed by atoms with Crippen molar-refractivity contribution in [2.75, 3.05) is 11.5 Å². The molecule has 114 valence electrons. The lowest BCUT2D eigenvalue weighted by atomic mass is 9.73. The van der Waals surface area contributed by atoms with Crippen LogP contribution in [0.5, 0.6) is 0 Å². The second kappa shape index (κ2) is 4.02. The number of imide groups is 1. The van der Waals surface area contributed by atoms with Crippen LogP contribution in [-0.2, 0) is 14.3 Å². The molecule has 0 aromatic heterocycles. The van der Waals surface area contributed by atoms with Crippen LogP contribution in [-0.4, -0.2) is 34.7 Å². The number of aliphatic hydroxyl groups excluding tert-OH is 1. The van der Waals surface area contributed by atoms with E-state index in [1.807, 2.05) is 0 Å². The van der Waals surface area contributed by atoms with Crippen LogP contribution in [0.3, 0.4) is 0 Å². The monoisotopic (exact) mass is 303 g/mol. The molecule has 22 heavy (non-hydrogen) atoms. The van der Waals surface area contributed by atoms with Crippen LogP contribution in [0, 0.1) is 17.7 Å². The normalized spacial score (nSPS) is 39.0. The highest BCUT2D eigenvalue weighted by atomic mass is 19.1. The number of amides is 2. The summed E-state index contributed by atoms with van der Waals surface area (Å²) in [5.74, 6) is -2.63. The molecule has 3 aliphatic heterocycles. The Bertz CT molecular complexity index is 715. The molecular formula is C16H14FNO4. The summed E-state index contributed by atoms with van der Waals surface area (Å²) in [6.07, 6.45) is 3.41. The quantitative estimate of drug-likeness (QED) is 0.654. The predicted octanol–water partition coefficient (Wildman–Crippen LogP) is 1.02. The van der Waals surface area contributed by atoms with Crippen LogP contribution in [0.2, 0.25) is 0 Å². The Morgan fingerprint density at radius 2 is 1.82 bits per heavy atom. The number of hydrogen-bond donors (Lipinski definition) is 1. The number of benzene rings is 1. The fourth-order valence-electron chi connectivity index (χ4n) is 3.89. The number of fused-ring (bicyclic) bond motifs is 5. The van der Waals surface area contributed by atoms with E-state index < -0.39 is 34.8 Å². The molecule has 4 rings (SSSR count). The Hall–Kier alpha value is -2.05. The summed E-state index contributed by atoms with van der Waals surface area (Å²) >= 11 is 0. The van der Waals surface area contributed by atoms with E-state index in [4.69, 9.17) is 4.74 Å². The summed E-state index contributed by atoms with van der Waals surface area (Å²) < 4.78 is 18.9. The van der Waals surface area contributed by atoms with E-state index in [1.54, 1.807) is 19.1 Å². The smallest absolute Gasteiger partial charge is 0.241 e. The van der Waals surface area contributed by atoms with Gasteiger partial charge in [0.2, 0.25) is 11.8 Å².